The molecule has 0 aromatic heterocycles. The molecule has 0 amide bonds. The normalized spacial score (nSPS) is 9.90. The van der Waals surface area contributed by atoms with E-state index in [0.717, 1.165) is 0 Å². The Bertz CT molecular complexity index is 565. The Morgan fingerprint density at radius 2 is 1.33 bits per heavy atom. The van der Waals surface area contributed by atoms with Crippen LogP contribution >= 0.6 is 0 Å². The number of benzene rings is 1. The van der Waals surface area contributed by atoms with Gasteiger partial charge in [0.2, 0.25) is 0 Å². The van der Waals surface area contributed by atoms with Crippen molar-refractivity contribution in [3.63, 3.8) is 0 Å². The van der Waals surface area contributed by atoms with Crippen molar-refractivity contribution in [3.05, 3.63) is 34.4 Å². The van der Waals surface area contributed by atoms with Crippen LogP contribution in [-0.2, 0) is 19.7 Å². The Hall–Kier alpha value is -2.48. The Morgan fingerprint density at radius 1 is 0.905 bits per heavy atom. The fourth-order valence-corrected chi connectivity index (χ4v) is 3.89. The van der Waals surface area contributed by atoms with Crippen LogP contribution in [0.2, 0.25) is 6.04 Å². The first kappa shape index (κ1) is 16.6. The van der Waals surface area contributed by atoms with Crippen molar-refractivity contribution < 1.29 is 13.3 Å². The molecule has 1 aromatic carbocycles. The monoisotopic (exact) mass is 298 g/mol. The van der Waals surface area contributed by atoms with Crippen LogP contribution < -0.4 is 0 Å². The van der Waals surface area contributed by atoms with Crippen LogP contribution in [0.1, 0.15) is 22.3 Å². The van der Waals surface area contributed by atoms with Crippen molar-refractivity contribution in [1.82, 2.24) is 0 Å². The standard InChI is InChI=1S/C17H18O3Si/c1-7-18-21(19-8-2,20-9-3)11-10-17-15(5)12-14(4)13-16(17)6/h1-3,12-13H,10-11H2,4-6H3. The summed E-state index contributed by atoms with van der Waals surface area (Å²) in [4.78, 5) is 0. The Kier molecular flexibility index (Phi) is 5.79. The molecule has 21 heavy (non-hydrogen) atoms. The van der Waals surface area contributed by atoms with Gasteiger partial charge in [0.15, 0.2) is 0 Å². The molecule has 0 aliphatic rings. The summed E-state index contributed by atoms with van der Waals surface area (Å²) in [5.41, 5.74) is 4.80. The van der Waals surface area contributed by atoms with Crippen molar-refractivity contribution in [2.75, 3.05) is 0 Å². The second-order valence-electron chi connectivity index (χ2n) is 4.72. The molecular weight excluding hydrogens is 280 g/mol. The lowest BCUT2D eigenvalue weighted by atomic mass is 9.98. The number of terminal acetylenes is 3. The van der Waals surface area contributed by atoms with Gasteiger partial charge in [-0.25, -0.2) is 0 Å². The minimum atomic E-state index is -3.25. The van der Waals surface area contributed by atoms with E-state index in [0.29, 0.717) is 12.5 Å². The van der Waals surface area contributed by atoms with E-state index in [1.54, 1.807) is 0 Å². The van der Waals surface area contributed by atoms with Crippen molar-refractivity contribution in [3.8, 4) is 37.6 Å². The largest absolute Gasteiger partial charge is 0.725 e. The highest BCUT2D eigenvalue weighted by Gasteiger charge is 2.48. The van der Waals surface area contributed by atoms with Gasteiger partial charge in [0.05, 0.1) is 24.4 Å². The summed E-state index contributed by atoms with van der Waals surface area (Å²) < 4.78 is 15.5. The Labute approximate surface area is 128 Å². The molecule has 1 aromatic rings. The molecule has 0 unspecified atom stereocenters. The molecule has 1 rings (SSSR count). The van der Waals surface area contributed by atoms with Gasteiger partial charge in [0, 0.05) is 0 Å². The molecule has 4 heteroatoms. The SMILES string of the molecule is C#CO[Si](CCc1c(C)cc(C)cc1C)(OC#C)OC#C. The molecule has 3 nitrogen and oxygen atoms in total. The van der Waals surface area contributed by atoms with E-state index in [4.69, 9.17) is 32.5 Å². The third-order valence-corrected chi connectivity index (χ3v) is 5.31. The predicted molar refractivity (Wildman–Crippen MR) is 84.7 cm³/mol. The molecule has 0 saturated heterocycles. The summed E-state index contributed by atoms with van der Waals surface area (Å²) in [6.07, 6.45) is 22.4. The lowest BCUT2D eigenvalue weighted by molar-refractivity contribution is 0.212. The van der Waals surface area contributed by atoms with Crippen LogP contribution in [0.25, 0.3) is 0 Å². The minimum absolute atomic E-state index is 0.413. The zero-order chi connectivity index (χ0) is 15.9. The van der Waals surface area contributed by atoms with E-state index in [1.807, 2.05) is 0 Å². The van der Waals surface area contributed by atoms with Gasteiger partial charge >= 0.3 is 8.80 Å². The summed E-state index contributed by atoms with van der Waals surface area (Å²) in [5, 5.41) is 0. The van der Waals surface area contributed by atoms with Crippen molar-refractivity contribution in [1.29, 1.82) is 0 Å². The molecule has 0 radical (unpaired) electrons. The van der Waals surface area contributed by atoms with Gasteiger partial charge in [-0.2, -0.15) is 0 Å². The number of rotatable bonds is 6. The van der Waals surface area contributed by atoms with Crippen LogP contribution in [0.4, 0.5) is 0 Å². The van der Waals surface area contributed by atoms with Crippen LogP contribution in [0.15, 0.2) is 12.1 Å². The van der Waals surface area contributed by atoms with Gasteiger partial charge in [0.1, 0.15) is 0 Å². The maximum Gasteiger partial charge on any atom is 0.725 e. The van der Waals surface area contributed by atoms with E-state index < -0.39 is 8.80 Å². The van der Waals surface area contributed by atoms with E-state index in [9.17, 15) is 0 Å². The van der Waals surface area contributed by atoms with Gasteiger partial charge in [-0.1, -0.05) is 37.0 Å². The van der Waals surface area contributed by atoms with Crippen LogP contribution in [0, 0.1) is 58.4 Å². The van der Waals surface area contributed by atoms with Crippen LogP contribution in [0.3, 0.4) is 0 Å². The topological polar surface area (TPSA) is 27.7 Å². The zero-order valence-corrected chi connectivity index (χ0v) is 13.5. The van der Waals surface area contributed by atoms with Gasteiger partial charge < -0.3 is 13.3 Å². The van der Waals surface area contributed by atoms with Gasteiger partial charge in [-0.3, -0.25) is 0 Å². The lowest BCUT2D eigenvalue weighted by Crippen LogP contribution is -2.42. The molecule has 0 aliphatic carbocycles. The summed E-state index contributed by atoms with van der Waals surface area (Å²) >= 11 is 0. The third-order valence-electron chi connectivity index (χ3n) is 3.16. The molecule has 0 spiro atoms. The van der Waals surface area contributed by atoms with Crippen molar-refractivity contribution in [2.24, 2.45) is 0 Å². The molecular formula is C17H18O3Si. The molecule has 108 valence electrons. The molecule has 0 heterocycles. The van der Waals surface area contributed by atoms with Crippen LogP contribution in [-0.4, -0.2) is 8.80 Å². The summed E-state index contributed by atoms with van der Waals surface area (Å²) in [7, 11) is -3.25. The van der Waals surface area contributed by atoms with Gasteiger partial charge in [0.25, 0.3) is 0 Å². The Morgan fingerprint density at radius 3 is 1.71 bits per heavy atom. The number of hydrogen-bond donors (Lipinski definition) is 0. The first-order chi connectivity index (χ1) is 9.98. The van der Waals surface area contributed by atoms with Crippen molar-refractivity contribution >= 4 is 8.80 Å². The van der Waals surface area contributed by atoms with E-state index in [-0.39, 0.29) is 0 Å². The number of hydrogen-bond acceptors (Lipinski definition) is 3. The average molecular weight is 298 g/mol. The second-order valence-corrected chi connectivity index (χ2v) is 7.20. The van der Waals surface area contributed by atoms with Crippen molar-refractivity contribution in [2.45, 2.75) is 33.2 Å². The molecule has 0 saturated carbocycles. The second kappa shape index (κ2) is 7.34. The zero-order valence-electron chi connectivity index (χ0n) is 12.5. The first-order valence-electron chi connectivity index (χ1n) is 6.45. The molecule has 0 aliphatic heterocycles. The lowest BCUT2D eigenvalue weighted by Gasteiger charge is -2.21. The highest BCUT2D eigenvalue weighted by Crippen LogP contribution is 2.23. The van der Waals surface area contributed by atoms with Gasteiger partial charge in [-0.15, -0.1) is 0 Å². The maximum absolute atomic E-state index is 5.19. The summed E-state index contributed by atoms with van der Waals surface area (Å²) in [5.74, 6) is 0. The fourth-order valence-electron chi connectivity index (χ4n) is 2.37. The molecule has 0 bridgehead atoms. The fraction of sp³-hybridized carbons (Fsp3) is 0.294. The van der Waals surface area contributed by atoms with Gasteiger partial charge in [-0.05, 0) is 43.9 Å². The van der Waals surface area contributed by atoms with E-state index in [2.05, 4.69) is 51.2 Å². The molecule has 0 fully saturated rings. The quantitative estimate of drug-likeness (QED) is 0.597. The van der Waals surface area contributed by atoms with E-state index in [1.165, 1.54) is 22.3 Å². The molecule has 0 atom stereocenters. The highest BCUT2D eigenvalue weighted by molar-refractivity contribution is 6.61. The first-order valence-corrected chi connectivity index (χ1v) is 8.38. The summed E-state index contributed by atoms with van der Waals surface area (Å²) in [6.45, 7) is 6.18. The maximum atomic E-state index is 5.19. The smallest absolute Gasteiger partial charge is 0.432 e. The Balaban J connectivity index is 3.00. The minimum Gasteiger partial charge on any atom is -0.432 e. The highest BCUT2D eigenvalue weighted by atomic mass is 28.4. The predicted octanol–water partition coefficient (Wildman–Crippen LogP) is 2.92. The number of aryl methyl sites for hydroxylation is 3. The third kappa shape index (κ3) is 4.25. The van der Waals surface area contributed by atoms with E-state index >= 15 is 0 Å². The molecule has 0 N–H and O–H groups in total. The average Bonchev–Trinajstić information content (AvgIpc) is 2.38. The van der Waals surface area contributed by atoms with Crippen LogP contribution in [0.5, 0.6) is 0 Å². The summed E-state index contributed by atoms with van der Waals surface area (Å²) in [6, 6.07) is 4.66.